The van der Waals surface area contributed by atoms with Gasteiger partial charge in [-0.1, -0.05) is 6.07 Å². The molecule has 0 N–H and O–H groups in total. The number of hydrogen-bond donors (Lipinski definition) is 0. The van der Waals surface area contributed by atoms with Crippen molar-refractivity contribution in [2.45, 2.75) is 36.7 Å². The number of carbonyl (C=O) groups excluding carboxylic acids is 1. The molecule has 0 spiro atoms. The maximum absolute atomic E-state index is 14.3. The summed E-state index contributed by atoms with van der Waals surface area (Å²) in [7, 11) is -5.48. The second-order valence-corrected chi connectivity index (χ2v) is 8.45. The van der Waals surface area contributed by atoms with Gasteiger partial charge in [-0.15, -0.1) is 0 Å². The molecular weight excluding hydrogens is 454 g/mol. The number of esters is 1. The van der Waals surface area contributed by atoms with Crippen molar-refractivity contribution in [2.75, 3.05) is 6.61 Å². The number of halogens is 6. The number of benzene rings is 1. The summed E-state index contributed by atoms with van der Waals surface area (Å²) in [4.78, 5) is 13.7. The highest BCUT2D eigenvalue weighted by molar-refractivity contribution is 7.89. The Morgan fingerprint density at radius 1 is 1.03 bits per heavy atom. The molecule has 0 atom stereocenters. The molecule has 3 rings (SSSR count). The lowest BCUT2D eigenvalue weighted by molar-refractivity contribution is -0.149. The molecule has 31 heavy (non-hydrogen) atoms. The Kier molecular flexibility index (Phi) is 6.02. The van der Waals surface area contributed by atoms with Crippen molar-refractivity contribution in [3.63, 3.8) is 0 Å². The zero-order chi connectivity index (χ0) is 23.1. The fraction of sp³-hybridized carbons (Fsp3) is 0.333. The van der Waals surface area contributed by atoms with Crippen LogP contribution < -0.4 is 0 Å². The Bertz CT molecular complexity index is 1110. The molecule has 2 aromatic rings. The van der Waals surface area contributed by atoms with Gasteiger partial charge in [0.15, 0.2) is 28.2 Å². The largest absolute Gasteiger partial charge is 0.465 e. The number of nitrogens with zero attached hydrogens (tertiary/aromatic N) is 2. The molecule has 1 aliphatic carbocycles. The Morgan fingerprint density at radius 3 is 2.03 bits per heavy atom. The SMILES string of the molecule is CCOC(=O)C1(N(Cc2ccc(F)nc2)S(=O)(=O)c2c(F)c(F)c(F)c(F)c2F)CC1. The number of hydrogen-bond acceptors (Lipinski definition) is 5. The van der Waals surface area contributed by atoms with Crippen LogP contribution in [-0.4, -0.2) is 35.8 Å². The normalized spacial score (nSPS) is 15.2. The highest BCUT2D eigenvalue weighted by atomic mass is 32.2. The fourth-order valence-electron chi connectivity index (χ4n) is 2.99. The quantitative estimate of drug-likeness (QED) is 0.205. The smallest absolute Gasteiger partial charge is 0.327 e. The van der Waals surface area contributed by atoms with E-state index in [2.05, 4.69) is 4.98 Å². The molecule has 0 unspecified atom stereocenters. The first-order chi connectivity index (χ1) is 14.5. The van der Waals surface area contributed by atoms with Gasteiger partial charge >= 0.3 is 5.97 Å². The Balaban J connectivity index is 2.20. The molecular formula is C18H14F6N2O4S. The average Bonchev–Trinajstić information content (AvgIpc) is 3.52. The first-order valence-corrected chi connectivity index (χ1v) is 10.2. The van der Waals surface area contributed by atoms with Crippen molar-refractivity contribution in [3.05, 3.63) is 58.9 Å². The third kappa shape index (κ3) is 3.87. The average molecular weight is 468 g/mol. The number of rotatable bonds is 7. The van der Waals surface area contributed by atoms with Crippen LogP contribution in [0.15, 0.2) is 23.2 Å². The number of pyridine rings is 1. The van der Waals surface area contributed by atoms with Crippen molar-refractivity contribution in [1.82, 2.24) is 9.29 Å². The summed E-state index contributed by atoms with van der Waals surface area (Å²) in [5.74, 6) is -14.6. The molecule has 1 fully saturated rings. The molecule has 1 saturated carbocycles. The Morgan fingerprint density at radius 2 is 1.58 bits per heavy atom. The second-order valence-electron chi connectivity index (χ2n) is 6.65. The van der Waals surface area contributed by atoms with E-state index in [4.69, 9.17) is 4.74 Å². The van der Waals surface area contributed by atoms with Gasteiger partial charge < -0.3 is 4.74 Å². The molecule has 0 aliphatic heterocycles. The molecule has 1 heterocycles. The van der Waals surface area contributed by atoms with Crippen LogP contribution in [0.4, 0.5) is 26.3 Å². The van der Waals surface area contributed by atoms with Crippen molar-refractivity contribution >= 4 is 16.0 Å². The van der Waals surface area contributed by atoms with E-state index in [0.717, 1.165) is 18.3 Å². The van der Waals surface area contributed by atoms with Crippen LogP contribution in [0.25, 0.3) is 0 Å². The van der Waals surface area contributed by atoms with Crippen molar-refractivity contribution in [3.8, 4) is 0 Å². The molecule has 1 aliphatic rings. The van der Waals surface area contributed by atoms with Crippen LogP contribution in [0, 0.1) is 35.0 Å². The number of sulfonamides is 1. The zero-order valence-electron chi connectivity index (χ0n) is 15.8. The fourth-order valence-corrected chi connectivity index (χ4v) is 4.88. The number of aromatic nitrogens is 1. The highest BCUT2D eigenvalue weighted by Crippen LogP contribution is 2.47. The minimum absolute atomic E-state index is 0.00980. The molecule has 13 heteroatoms. The molecule has 0 bridgehead atoms. The van der Waals surface area contributed by atoms with Crippen LogP contribution >= 0.6 is 0 Å². The van der Waals surface area contributed by atoms with Gasteiger partial charge in [0, 0.05) is 12.7 Å². The summed E-state index contributed by atoms with van der Waals surface area (Å²) < 4.78 is 114. The lowest BCUT2D eigenvalue weighted by Crippen LogP contribution is -2.48. The van der Waals surface area contributed by atoms with Gasteiger partial charge in [0.25, 0.3) is 10.0 Å². The van der Waals surface area contributed by atoms with Gasteiger partial charge in [0.05, 0.1) is 6.61 Å². The third-order valence-corrected chi connectivity index (χ3v) is 6.62. The molecule has 0 amide bonds. The van der Waals surface area contributed by atoms with E-state index in [1.807, 2.05) is 0 Å². The first-order valence-electron chi connectivity index (χ1n) is 8.79. The first kappa shape index (κ1) is 23.0. The minimum atomic E-state index is -5.48. The summed E-state index contributed by atoms with van der Waals surface area (Å²) in [6, 6.07) is 1.95. The van der Waals surface area contributed by atoms with E-state index in [0.29, 0.717) is 4.31 Å². The molecule has 6 nitrogen and oxygen atoms in total. The summed E-state index contributed by atoms with van der Waals surface area (Å²) in [5.41, 5.74) is -1.94. The molecule has 168 valence electrons. The summed E-state index contributed by atoms with van der Waals surface area (Å²) in [5, 5.41) is 0. The summed E-state index contributed by atoms with van der Waals surface area (Å²) in [6.07, 6.45) is 0.641. The standard InChI is InChI=1S/C18H14F6N2O4S/c1-2-30-17(27)18(5-6-18)26(8-9-3-4-10(19)25-7-9)31(28,29)16-14(23)12(21)11(20)13(22)15(16)24/h3-4,7H,2,5-6,8H2,1H3. The van der Waals surface area contributed by atoms with E-state index in [9.17, 15) is 39.6 Å². The Hall–Kier alpha value is -2.67. The second kappa shape index (κ2) is 8.11. The lowest BCUT2D eigenvalue weighted by Gasteiger charge is -2.29. The number of carbonyl (C=O) groups is 1. The predicted octanol–water partition coefficient (Wildman–Crippen LogP) is 3.20. The van der Waals surface area contributed by atoms with Crippen LogP contribution in [-0.2, 0) is 26.1 Å². The minimum Gasteiger partial charge on any atom is -0.465 e. The van der Waals surface area contributed by atoms with Gasteiger partial charge in [0.1, 0.15) is 5.54 Å². The van der Waals surface area contributed by atoms with Crippen LogP contribution in [0.3, 0.4) is 0 Å². The van der Waals surface area contributed by atoms with Crippen LogP contribution in [0.1, 0.15) is 25.3 Å². The molecule has 0 saturated heterocycles. The lowest BCUT2D eigenvalue weighted by atomic mass is 10.2. The van der Waals surface area contributed by atoms with E-state index in [1.54, 1.807) is 0 Å². The van der Waals surface area contributed by atoms with Crippen LogP contribution in [0.2, 0.25) is 0 Å². The summed E-state index contributed by atoms with van der Waals surface area (Å²) >= 11 is 0. The highest BCUT2D eigenvalue weighted by Gasteiger charge is 2.61. The van der Waals surface area contributed by atoms with E-state index >= 15 is 0 Å². The van der Waals surface area contributed by atoms with E-state index < -0.39 is 68.0 Å². The Labute approximate surface area is 172 Å². The van der Waals surface area contributed by atoms with E-state index in [1.165, 1.54) is 6.92 Å². The monoisotopic (exact) mass is 468 g/mol. The molecule has 0 radical (unpaired) electrons. The van der Waals surface area contributed by atoms with Crippen molar-refractivity contribution in [1.29, 1.82) is 0 Å². The maximum Gasteiger partial charge on any atom is 0.327 e. The van der Waals surface area contributed by atoms with Gasteiger partial charge in [0.2, 0.25) is 11.8 Å². The van der Waals surface area contributed by atoms with Crippen LogP contribution in [0.5, 0.6) is 0 Å². The van der Waals surface area contributed by atoms with Gasteiger partial charge in [-0.3, -0.25) is 4.79 Å². The van der Waals surface area contributed by atoms with Gasteiger partial charge in [-0.05, 0) is 31.4 Å². The van der Waals surface area contributed by atoms with Gasteiger partial charge in [-0.25, -0.2) is 35.4 Å². The zero-order valence-corrected chi connectivity index (χ0v) is 16.6. The predicted molar refractivity (Wildman–Crippen MR) is 91.8 cm³/mol. The van der Waals surface area contributed by atoms with Crippen molar-refractivity contribution in [2.24, 2.45) is 0 Å². The van der Waals surface area contributed by atoms with Gasteiger partial charge in [-0.2, -0.15) is 8.70 Å². The number of ether oxygens (including phenoxy) is 1. The third-order valence-electron chi connectivity index (χ3n) is 4.69. The molecule has 1 aromatic heterocycles. The summed E-state index contributed by atoms with van der Waals surface area (Å²) in [6.45, 7) is 0.504. The maximum atomic E-state index is 14.3. The van der Waals surface area contributed by atoms with Crippen molar-refractivity contribution < 1.29 is 44.3 Å². The topological polar surface area (TPSA) is 76.6 Å². The van der Waals surface area contributed by atoms with E-state index in [-0.39, 0.29) is 25.0 Å². The molecule has 1 aromatic carbocycles.